The van der Waals surface area contributed by atoms with E-state index >= 15 is 0 Å². The van der Waals surface area contributed by atoms with Gasteiger partial charge in [-0.25, -0.2) is 0 Å². The Labute approximate surface area is 125 Å². The fourth-order valence-corrected chi connectivity index (χ4v) is 2.44. The Balaban J connectivity index is 2.01. The summed E-state index contributed by atoms with van der Waals surface area (Å²) < 4.78 is 11.1. The molecule has 1 saturated carbocycles. The van der Waals surface area contributed by atoms with Crippen molar-refractivity contribution in [3.8, 4) is 11.5 Å². The van der Waals surface area contributed by atoms with Crippen molar-refractivity contribution in [2.24, 2.45) is 0 Å². The van der Waals surface area contributed by atoms with E-state index in [-0.39, 0.29) is 6.10 Å². The molecule has 2 rings (SSSR count). The number of para-hydroxylation sites is 2. The van der Waals surface area contributed by atoms with Crippen molar-refractivity contribution in [1.29, 1.82) is 0 Å². The van der Waals surface area contributed by atoms with Crippen LogP contribution in [0.15, 0.2) is 24.3 Å². The standard InChI is InChI=1S/C16H23NO4/c1-11(21-14-7-5-4-6-13(14)20-3)10-16(2,15(18)19)17-12-8-9-12/h4-7,11-12,17H,8-10H2,1-3H3,(H,18,19). The zero-order chi connectivity index (χ0) is 15.5. The van der Waals surface area contributed by atoms with E-state index in [1.54, 1.807) is 14.0 Å². The van der Waals surface area contributed by atoms with Gasteiger partial charge >= 0.3 is 5.97 Å². The fourth-order valence-electron chi connectivity index (χ4n) is 2.44. The largest absolute Gasteiger partial charge is 0.493 e. The highest BCUT2D eigenvalue weighted by molar-refractivity contribution is 5.78. The number of hydrogen-bond donors (Lipinski definition) is 2. The molecular formula is C16H23NO4. The van der Waals surface area contributed by atoms with Crippen LogP contribution in [-0.4, -0.2) is 35.9 Å². The Morgan fingerprint density at radius 2 is 2.05 bits per heavy atom. The van der Waals surface area contributed by atoms with Gasteiger partial charge in [0.15, 0.2) is 11.5 Å². The molecule has 1 aromatic carbocycles. The van der Waals surface area contributed by atoms with Crippen molar-refractivity contribution in [2.45, 2.75) is 50.8 Å². The van der Waals surface area contributed by atoms with Gasteiger partial charge in [-0.3, -0.25) is 10.1 Å². The summed E-state index contributed by atoms with van der Waals surface area (Å²) in [6, 6.07) is 7.70. The molecule has 0 bridgehead atoms. The van der Waals surface area contributed by atoms with Gasteiger partial charge in [-0.1, -0.05) is 12.1 Å². The molecule has 2 atom stereocenters. The number of hydrogen-bond acceptors (Lipinski definition) is 4. The van der Waals surface area contributed by atoms with Crippen molar-refractivity contribution in [1.82, 2.24) is 5.32 Å². The molecule has 2 N–H and O–H groups in total. The molecule has 0 heterocycles. The topological polar surface area (TPSA) is 67.8 Å². The SMILES string of the molecule is COc1ccccc1OC(C)CC(C)(NC1CC1)C(=O)O. The highest BCUT2D eigenvalue weighted by Crippen LogP contribution is 2.30. The third-order valence-corrected chi connectivity index (χ3v) is 3.66. The van der Waals surface area contributed by atoms with Crippen LogP contribution in [0, 0.1) is 0 Å². The smallest absolute Gasteiger partial charge is 0.323 e. The van der Waals surface area contributed by atoms with Gasteiger partial charge in [0.05, 0.1) is 13.2 Å². The third kappa shape index (κ3) is 4.11. The normalized spacial score (nSPS) is 18.6. The van der Waals surface area contributed by atoms with Gasteiger partial charge in [0.25, 0.3) is 0 Å². The molecule has 0 aliphatic heterocycles. The van der Waals surface area contributed by atoms with Crippen LogP contribution >= 0.6 is 0 Å². The molecule has 1 aromatic rings. The second kappa shape index (κ2) is 6.35. The molecule has 116 valence electrons. The van der Waals surface area contributed by atoms with Gasteiger partial charge in [0.2, 0.25) is 0 Å². The second-order valence-corrected chi connectivity index (χ2v) is 5.84. The van der Waals surface area contributed by atoms with Crippen molar-refractivity contribution < 1.29 is 19.4 Å². The van der Waals surface area contributed by atoms with E-state index in [0.29, 0.717) is 24.0 Å². The lowest BCUT2D eigenvalue weighted by molar-refractivity contribution is -0.145. The summed E-state index contributed by atoms with van der Waals surface area (Å²) >= 11 is 0. The summed E-state index contributed by atoms with van der Waals surface area (Å²) in [5, 5.41) is 12.7. The molecule has 2 unspecified atom stereocenters. The number of benzene rings is 1. The maximum absolute atomic E-state index is 11.6. The lowest BCUT2D eigenvalue weighted by Crippen LogP contribution is -2.52. The Morgan fingerprint density at radius 3 is 2.57 bits per heavy atom. The summed E-state index contributed by atoms with van der Waals surface area (Å²) in [7, 11) is 1.59. The molecule has 1 aliphatic carbocycles. The summed E-state index contributed by atoms with van der Waals surface area (Å²) in [4.78, 5) is 11.6. The Kier molecular flexibility index (Phi) is 4.73. The van der Waals surface area contributed by atoms with Crippen molar-refractivity contribution in [2.75, 3.05) is 7.11 Å². The van der Waals surface area contributed by atoms with Gasteiger partial charge in [-0.15, -0.1) is 0 Å². The van der Waals surface area contributed by atoms with Crippen LogP contribution in [0.5, 0.6) is 11.5 Å². The van der Waals surface area contributed by atoms with Gasteiger partial charge in [-0.2, -0.15) is 0 Å². The Bertz CT molecular complexity index is 501. The van der Waals surface area contributed by atoms with Gasteiger partial charge in [0, 0.05) is 12.5 Å². The maximum Gasteiger partial charge on any atom is 0.323 e. The zero-order valence-corrected chi connectivity index (χ0v) is 12.8. The van der Waals surface area contributed by atoms with Gasteiger partial charge in [0.1, 0.15) is 5.54 Å². The number of aliphatic carboxylic acids is 1. The highest BCUT2D eigenvalue weighted by Gasteiger charge is 2.40. The molecule has 1 aliphatic rings. The third-order valence-electron chi connectivity index (χ3n) is 3.66. The number of nitrogens with one attached hydrogen (secondary N) is 1. The highest BCUT2D eigenvalue weighted by atomic mass is 16.5. The quantitative estimate of drug-likeness (QED) is 0.770. The minimum atomic E-state index is -0.970. The molecule has 0 amide bonds. The van der Waals surface area contributed by atoms with E-state index in [0.717, 1.165) is 12.8 Å². The lowest BCUT2D eigenvalue weighted by atomic mass is 9.94. The van der Waals surface area contributed by atoms with Crippen LogP contribution in [0.4, 0.5) is 0 Å². The van der Waals surface area contributed by atoms with Crippen molar-refractivity contribution >= 4 is 5.97 Å². The minimum Gasteiger partial charge on any atom is -0.493 e. The molecule has 21 heavy (non-hydrogen) atoms. The summed E-state index contributed by atoms with van der Waals surface area (Å²) in [6.07, 6.45) is 2.24. The second-order valence-electron chi connectivity index (χ2n) is 5.84. The van der Waals surface area contributed by atoms with Crippen LogP contribution in [0.3, 0.4) is 0 Å². The molecule has 5 heteroatoms. The van der Waals surface area contributed by atoms with E-state index < -0.39 is 11.5 Å². The van der Waals surface area contributed by atoms with E-state index in [1.807, 2.05) is 31.2 Å². The summed E-state index contributed by atoms with van der Waals surface area (Å²) in [6.45, 7) is 3.60. The van der Waals surface area contributed by atoms with E-state index in [1.165, 1.54) is 0 Å². The lowest BCUT2D eigenvalue weighted by Gasteiger charge is -2.29. The van der Waals surface area contributed by atoms with E-state index in [2.05, 4.69) is 5.32 Å². The van der Waals surface area contributed by atoms with Crippen molar-refractivity contribution in [3.05, 3.63) is 24.3 Å². The van der Waals surface area contributed by atoms with Crippen LogP contribution in [-0.2, 0) is 4.79 Å². The predicted octanol–water partition coefficient (Wildman–Crippen LogP) is 2.45. The number of carbonyl (C=O) groups is 1. The van der Waals surface area contributed by atoms with Gasteiger partial charge < -0.3 is 14.6 Å². The average molecular weight is 293 g/mol. The van der Waals surface area contributed by atoms with Crippen LogP contribution < -0.4 is 14.8 Å². The first-order valence-electron chi connectivity index (χ1n) is 7.25. The van der Waals surface area contributed by atoms with E-state index in [4.69, 9.17) is 9.47 Å². The number of ether oxygens (including phenoxy) is 2. The first-order valence-corrected chi connectivity index (χ1v) is 7.25. The first kappa shape index (κ1) is 15.6. The number of rotatable bonds is 8. The van der Waals surface area contributed by atoms with Crippen LogP contribution in [0.2, 0.25) is 0 Å². The van der Waals surface area contributed by atoms with Crippen molar-refractivity contribution in [3.63, 3.8) is 0 Å². The molecule has 5 nitrogen and oxygen atoms in total. The molecular weight excluding hydrogens is 270 g/mol. The van der Waals surface area contributed by atoms with E-state index in [9.17, 15) is 9.90 Å². The average Bonchev–Trinajstić information content (AvgIpc) is 3.22. The predicted molar refractivity (Wildman–Crippen MR) is 79.9 cm³/mol. The maximum atomic E-state index is 11.6. The molecule has 0 aromatic heterocycles. The van der Waals surface area contributed by atoms with Gasteiger partial charge in [-0.05, 0) is 38.8 Å². The Morgan fingerprint density at radius 1 is 1.43 bits per heavy atom. The summed E-state index contributed by atoms with van der Waals surface area (Å²) in [5.74, 6) is 0.438. The number of carboxylic acid groups (broad SMARTS) is 1. The molecule has 0 saturated heterocycles. The Hall–Kier alpha value is -1.75. The summed E-state index contributed by atoms with van der Waals surface area (Å²) in [5.41, 5.74) is -0.970. The van der Waals surface area contributed by atoms with Crippen LogP contribution in [0.25, 0.3) is 0 Å². The fraction of sp³-hybridized carbons (Fsp3) is 0.562. The minimum absolute atomic E-state index is 0.242. The number of methoxy groups -OCH3 is 1. The monoisotopic (exact) mass is 293 g/mol. The zero-order valence-electron chi connectivity index (χ0n) is 12.8. The molecule has 0 spiro atoms. The molecule has 1 fully saturated rings. The first-order chi connectivity index (χ1) is 9.94. The number of carboxylic acids is 1. The van der Waals surface area contributed by atoms with Crippen LogP contribution in [0.1, 0.15) is 33.1 Å². The molecule has 0 radical (unpaired) electrons.